The summed E-state index contributed by atoms with van der Waals surface area (Å²) in [6, 6.07) is 6.92. The molecule has 5 nitrogen and oxygen atoms in total. The van der Waals surface area contributed by atoms with E-state index < -0.39 is 11.6 Å². The molecule has 0 aliphatic heterocycles. The summed E-state index contributed by atoms with van der Waals surface area (Å²) in [5.41, 5.74) is 5.29. The summed E-state index contributed by atoms with van der Waals surface area (Å²) in [6.45, 7) is 3.28. The van der Waals surface area contributed by atoms with Gasteiger partial charge in [-0.15, -0.1) is 0 Å². The molecule has 0 aliphatic carbocycles. The number of hydrogen-bond donors (Lipinski definition) is 2. The average Bonchev–Trinajstić information content (AvgIpc) is 2.26. The Labute approximate surface area is 107 Å². The Hall–Kier alpha value is -1.75. The summed E-state index contributed by atoms with van der Waals surface area (Å²) >= 11 is 0. The fourth-order valence-corrected chi connectivity index (χ4v) is 1.20. The monoisotopic (exact) mass is 253 g/mol. The molecule has 0 saturated heterocycles. The molecule has 3 N–H and O–H groups in total. The van der Waals surface area contributed by atoms with Gasteiger partial charge in [0.05, 0.1) is 17.9 Å². The van der Waals surface area contributed by atoms with E-state index in [0.717, 1.165) is 0 Å². The molecular formula is C13H19NO4. The van der Waals surface area contributed by atoms with Gasteiger partial charge in [0.25, 0.3) is 0 Å². The summed E-state index contributed by atoms with van der Waals surface area (Å²) in [6.07, 6.45) is 0.381. The first-order chi connectivity index (χ1) is 8.38. The van der Waals surface area contributed by atoms with Crippen LogP contribution in [0.2, 0.25) is 0 Å². The minimum atomic E-state index is -0.842. The van der Waals surface area contributed by atoms with Crippen molar-refractivity contribution in [3.63, 3.8) is 0 Å². The van der Waals surface area contributed by atoms with E-state index in [1.54, 1.807) is 38.1 Å². The molecule has 18 heavy (non-hydrogen) atoms. The Morgan fingerprint density at radius 2 is 2.06 bits per heavy atom. The molecule has 100 valence electrons. The fourth-order valence-electron chi connectivity index (χ4n) is 1.20. The van der Waals surface area contributed by atoms with Crippen LogP contribution >= 0.6 is 0 Å². The molecule has 0 atom stereocenters. The molecule has 1 aromatic carbocycles. The van der Waals surface area contributed by atoms with Crippen LogP contribution < -0.4 is 10.5 Å². The zero-order valence-electron chi connectivity index (χ0n) is 10.7. The molecule has 0 amide bonds. The Morgan fingerprint density at radius 3 is 2.67 bits per heavy atom. The molecule has 0 saturated carbocycles. The summed E-state index contributed by atoms with van der Waals surface area (Å²) in [5.74, 6) is -0.0283. The first kappa shape index (κ1) is 14.3. The molecule has 0 bridgehead atoms. The number of rotatable bonds is 6. The Kier molecular flexibility index (Phi) is 4.97. The lowest BCUT2D eigenvalue weighted by Crippen LogP contribution is -2.23. The van der Waals surface area contributed by atoms with Gasteiger partial charge >= 0.3 is 5.97 Å². The second-order valence-corrected chi connectivity index (χ2v) is 4.61. The van der Waals surface area contributed by atoms with E-state index in [4.69, 9.17) is 15.2 Å². The number of ether oxygens (including phenoxy) is 2. The van der Waals surface area contributed by atoms with Crippen molar-refractivity contribution >= 4 is 11.7 Å². The number of benzene rings is 1. The number of carbonyl (C=O) groups is 1. The molecular weight excluding hydrogens is 234 g/mol. The highest BCUT2D eigenvalue weighted by atomic mass is 16.6. The SMILES string of the molecule is CC(C)(O)CCOC(=O)COc1ccccc1N. The molecule has 1 aromatic rings. The van der Waals surface area contributed by atoms with Crippen molar-refractivity contribution in [3.05, 3.63) is 24.3 Å². The van der Waals surface area contributed by atoms with Crippen LogP contribution in [0.5, 0.6) is 5.75 Å². The van der Waals surface area contributed by atoms with Crippen molar-refractivity contribution < 1.29 is 19.4 Å². The molecule has 1 rings (SSSR count). The molecule has 5 heteroatoms. The Bertz CT molecular complexity index is 398. The topological polar surface area (TPSA) is 81.8 Å². The second kappa shape index (κ2) is 6.26. The van der Waals surface area contributed by atoms with E-state index >= 15 is 0 Å². The number of aliphatic hydroxyl groups is 1. The van der Waals surface area contributed by atoms with Crippen LogP contribution in [0.15, 0.2) is 24.3 Å². The largest absolute Gasteiger partial charge is 0.480 e. The quantitative estimate of drug-likeness (QED) is 0.590. The first-order valence-corrected chi connectivity index (χ1v) is 5.74. The van der Waals surface area contributed by atoms with Crippen LogP contribution in [-0.4, -0.2) is 29.9 Å². The van der Waals surface area contributed by atoms with Crippen LogP contribution in [0.4, 0.5) is 5.69 Å². The van der Waals surface area contributed by atoms with Crippen molar-refractivity contribution in [2.24, 2.45) is 0 Å². The lowest BCUT2D eigenvalue weighted by atomic mass is 10.1. The van der Waals surface area contributed by atoms with Crippen molar-refractivity contribution in [3.8, 4) is 5.75 Å². The summed E-state index contributed by atoms with van der Waals surface area (Å²) in [4.78, 5) is 11.3. The highest BCUT2D eigenvalue weighted by Crippen LogP contribution is 2.19. The predicted molar refractivity (Wildman–Crippen MR) is 68.2 cm³/mol. The zero-order chi connectivity index (χ0) is 13.6. The van der Waals surface area contributed by atoms with E-state index in [1.807, 2.05) is 0 Å². The van der Waals surface area contributed by atoms with Gasteiger partial charge in [0.1, 0.15) is 5.75 Å². The summed E-state index contributed by atoms with van der Waals surface area (Å²) in [7, 11) is 0. The van der Waals surface area contributed by atoms with Gasteiger partial charge in [-0.3, -0.25) is 0 Å². The van der Waals surface area contributed by atoms with Crippen LogP contribution in [-0.2, 0) is 9.53 Å². The maximum atomic E-state index is 11.3. The second-order valence-electron chi connectivity index (χ2n) is 4.61. The van der Waals surface area contributed by atoms with Crippen molar-refractivity contribution in [2.45, 2.75) is 25.9 Å². The highest BCUT2D eigenvalue weighted by Gasteiger charge is 2.13. The van der Waals surface area contributed by atoms with E-state index in [-0.39, 0.29) is 13.2 Å². The molecule has 0 radical (unpaired) electrons. The van der Waals surface area contributed by atoms with Gasteiger partial charge in [0.2, 0.25) is 0 Å². The number of hydrogen-bond acceptors (Lipinski definition) is 5. The molecule has 0 heterocycles. The van der Waals surface area contributed by atoms with Gasteiger partial charge in [-0.1, -0.05) is 12.1 Å². The molecule has 0 unspecified atom stereocenters. The lowest BCUT2D eigenvalue weighted by molar-refractivity contribution is -0.147. The molecule has 0 spiro atoms. The van der Waals surface area contributed by atoms with Gasteiger partial charge in [-0.2, -0.15) is 0 Å². The average molecular weight is 253 g/mol. The summed E-state index contributed by atoms with van der Waals surface area (Å²) < 4.78 is 10.1. The fraction of sp³-hybridized carbons (Fsp3) is 0.462. The van der Waals surface area contributed by atoms with Gasteiger partial charge in [-0.05, 0) is 26.0 Å². The minimum absolute atomic E-state index is 0.163. The smallest absolute Gasteiger partial charge is 0.344 e. The Morgan fingerprint density at radius 1 is 1.39 bits per heavy atom. The maximum Gasteiger partial charge on any atom is 0.344 e. The van der Waals surface area contributed by atoms with Crippen molar-refractivity contribution in [1.82, 2.24) is 0 Å². The van der Waals surface area contributed by atoms with Crippen LogP contribution in [0.3, 0.4) is 0 Å². The maximum absolute atomic E-state index is 11.3. The molecule has 0 aromatic heterocycles. The van der Waals surface area contributed by atoms with Crippen LogP contribution in [0, 0.1) is 0 Å². The van der Waals surface area contributed by atoms with Gasteiger partial charge < -0.3 is 20.3 Å². The van der Waals surface area contributed by atoms with Crippen molar-refractivity contribution in [1.29, 1.82) is 0 Å². The standard InChI is InChI=1S/C13H19NO4/c1-13(2,16)7-8-17-12(15)9-18-11-6-4-3-5-10(11)14/h3-6,16H,7-9,14H2,1-2H3. The third-order valence-corrected chi connectivity index (χ3v) is 2.24. The van der Waals surface area contributed by atoms with Gasteiger partial charge in [0, 0.05) is 6.42 Å². The number of nitrogen functional groups attached to an aromatic ring is 1. The number of carbonyl (C=O) groups excluding carboxylic acids is 1. The predicted octanol–water partition coefficient (Wildman–Crippen LogP) is 1.35. The third kappa shape index (κ3) is 5.54. The summed E-state index contributed by atoms with van der Waals surface area (Å²) in [5, 5.41) is 9.44. The number of anilines is 1. The number of nitrogens with two attached hydrogens (primary N) is 1. The van der Waals surface area contributed by atoms with E-state index in [9.17, 15) is 9.90 Å². The van der Waals surface area contributed by atoms with Crippen LogP contribution in [0.1, 0.15) is 20.3 Å². The lowest BCUT2D eigenvalue weighted by Gasteiger charge is -2.16. The third-order valence-electron chi connectivity index (χ3n) is 2.24. The van der Waals surface area contributed by atoms with Crippen LogP contribution in [0.25, 0.3) is 0 Å². The van der Waals surface area contributed by atoms with E-state index in [2.05, 4.69) is 0 Å². The van der Waals surface area contributed by atoms with E-state index in [0.29, 0.717) is 17.9 Å². The van der Waals surface area contributed by atoms with Gasteiger partial charge in [-0.25, -0.2) is 4.79 Å². The Balaban J connectivity index is 2.28. The van der Waals surface area contributed by atoms with E-state index in [1.165, 1.54) is 0 Å². The normalized spacial score (nSPS) is 11.1. The number of para-hydroxylation sites is 2. The minimum Gasteiger partial charge on any atom is -0.480 e. The zero-order valence-corrected chi connectivity index (χ0v) is 10.7. The van der Waals surface area contributed by atoms with Gasteiger partial charge in [0.15, 0.2) is 6.61 Å². The molecule has 0 aliphatic rings. The highest BCUT2D eigenvalue weighted by molar-refractivity contribution is 5.71. The molecule has 0 fully saturated rings. The first-order valence-electron chi connectivity index (χ1n) is 5.74. The number of esters is 1. The van der Waals surface area contributed by atoms with Crippen molar-refractivity contribution in [2.75, 3.05) is 18.9 Å².